The molecule has 0 radical (unpaired) electrons. The average molecular weight is 323 g/mol. The van der Waals surface area contributed by atoms with Crippen LogP contribution in [-0.2, 0) is 12.8 Å². The molecule has 1 aliphatic rings. The zero-order chi connectivity index (χ0) is 16.0. The van der Waals surface area contributed by atoms with Crippen molar-refractivity contribution in [3.05, 3.63) is 40.7 Å². The van der Waals surface area contributed by atoms with E-state index in [1.807, 2.05) is 12.1 Å². The van der Waals surface area contributed by atoms with E-state index in [1.54, 1.807) is 19.3 Å². The third kappa shape index (κ3) is 2.23. The van der Waals surface area contributed by atoms with Gasteiger partial charge in [-0.1, -0.05) is 0 Å². The lowest BCUT2D eigenvalue weighted by Gasteiger charge is -2.20. The number of nitrogen functional groups attached to an aromatic ring is 1. The van der Waals surface area contributed by atoms with E-state index in [1.165, 1.54) is 29.7 Å². The number of thiophene rings is 1. The van der Waals surface area contributed by atoms with Crippen molar-refractivity contribution >= 4 is 33.0 Å². The van der Waals surface area contributed by atoms with E-state index >= 15 is 0 Å². The van der Waals surface area contributed by atoms with Gasteiger partial charge >= 0.3 is 0 Å². The van der Waals surface area contributed by atoms with Gasteiger partial charge in [0.1, 0.15) is 4.83 Å². The highest BCUT2D eigenvalue weighted by atomic mass is 32.1. The lowest BCUT2D eigenvalue weighted by atomic mass is 9.87. The van der Waals surface area contributed by atoms with E-state index < -0.39 is 0 Å². The Hall–Kier alpha value is -2.27. The van der Waals surface area contributed by atoms with Crippen LogP contribution in [0.1, 0.15) is 40.7 Å². The minimum Gasteiger partial charge on any atom is -0.397 e. The second-order valence-corrected chi connectivity index (χ2v) is 6.94. The number of Topliss-reactive ketones (excluding diaryl/α,β-unsaturated/α-hetero) is 1. The molecule has 3 aromatic heterocycles. The first-order valence-electron chi connectivity index (χ1n) is 7.82. The van der Waals surface area contributed by atoms with Crippen molar-refractivity contribution in [1.82, 2.24) is 9.97 Å². The van der Waals surface area contributed by atoms with Gasteiger partial charge < -0.3 is 5.73 Å². The van der Waals surface area contributed by atoms with Gasteiger partial charge in [0.05, 0.1) is 10.6 Å². The van der Waals surface area contributed by atoms with Crippen LogP contribution in [0.5, 0.6) is 0 Å². The van der Waals surface area contributed by atoms with Crippen molar-refractivity contribution in [2.75, 3.05) is 5.73 Å². The predicted octanol–water partition coefficient (Wildman–Crippen LogP) is 4.02. The summed E-state index contributed by atoms with van der Waals surface area (Å²) in [5.74, 6) is 0.00384. The molecule has 23 heavy (non-hydrogen) atoms. The first-order chi connectivity index (χ1) is 11.2. The first-order valence-corrected chi connectivity index (χ1v) is 8.63. The zero-order valence-electron chi connectivity index (χ0n) is 12.9. The number of hydrogen-bond donors (Lipinski definition) is 1. The van der Waals surface area contributed by atoms with Crippen molar-refractivity contribution in [1.29, 1.82) is 0 Å². The number of aryl methyl sites for hydroxylation is 1. The number of carbonyl (C=O) groups excluding carboxylic acids is 1. The van der Waals surface area contributed by atoms with Gasteiger partial charge in [-0.15, -0.1) is 11.3 Å². The summed E-state index contributed by atoms with van der Waals surface area (Å²) in [6, 6.07) is 4.02. The van der Waals surface area contributed by atoms with E-state index in [9.17, 15) is 4.79 Å². The van der Waals surface area contributed by atoms with Gasteiger partial charge in [-0.05, 0) is 54.5 Å². The summed E-state index contributed by atoms with van der Waals surface area (Å²) in [7, 11) is 0. The van der Waals surface area contributed by atoms with E-state index in [-0.39, 0.29) is 5.78 Å². The van der Waals surface area contributed by atoms with Gasteiger partial charge in [0.25, 0.3) is 0 Å². The van der Waals surface area contributed by atoms with Crippen LogP contribution >= 0.6 is 11.3 Å². The van der Waals surface area contributed by atoms with Crippen LogP contribution in [0.2, 0.25) is 0 Å². The number of ketones is 1. The zero-order valence-corrected chi connectivity index (χ0v) is 13.7. The SMILES string of the molecule is CC(=O)c1sc2nc3c(c(-c4ccncc4)c2c1N)CCCC3. The number of carbonyl (C=O) groups is 1. The molecule has 0 aromatic carbocycles. The molecular formula is C18H17N3OS. The van der Waals surface area contributed by atoms with E-state index in [4.69, 9.17) is 10.7 Å². The summed E-state index contributed by atoms with van der Waals surface area (Å²) in [6.45, 7) is 1.56. The Balaban J connectivity index is 2.13. The summed E-state index contributed by atoms with van der Waals surface area (Å²) in [4.78, 5) is 22.3. The van der Waals surface area contributed by atoms with Crippen LogP contribution in [0.15, 0.2) is 24.5 Å². The largest absolute Gasteiger partial charge is 0.397 e. The molecule has 0 bridgehead atoms. The Morgan fingerprint density at radius 3 is 2.70 bits per heavy atom. The van der Waals surface area contributed by atoms with Gasteiger partial charge in [-0.3, -0.25) is 9.78 Å². The highest BCUT2D eigenvalue weighted by Gasteiger charge is 2.24. The smallest absolute Gasteiger partial charge is 0.171 e. The molecule has 2 N–H and O–H groups in total. The summed E-state index contributed by atoms with van der Waals surface area (Å²) >= 11 is 1.41. The Morgan fingerprint density at radius 2 is 1.96 bits per heavy atom. The fraction of sp³-hybridized carbons (Fsp3) is 0.278. The highest BCUT2D eigenvalue weighted by Crippen LogP contribution is 2.43. The van der Waals surface area contributed by atoms with Gasteiger partial charge in [0.2, 0.25) is 0 Å². The molecule has 0 aliphatic heterocycles. The fourth-order valence-corrected chi connectivity index (χ4v) is 4.42. The number of nitrogens with zero attached hydrogens (tertiary/aromatic N) is 2. The second-order valence-electron chi connectivity index (χ2n) is 5.94. The van der Waals surface area contributed by atoms with Crippen molar-refractivity contribution in [3.8, 4) is 11.1 Å². The molecule has 4 rings (SSSR count). The lowest BCUT2D eigenvalue weighted by Crippen LogP contribution is -2.08. The average Bonchev–Trinajstić information content (AvgIpc) is 2.90. The molecular weight excluding hydrogens is 306 g/mol. The van der Waals surface area contributed by atoms with Crippen LogP contribution in [0.3, 0.4) is 0 Å². The van der Waals surface area contributed by atoms with Gasteiger partial charge in [-0.25, -0.2) is 4.98 Å². The maximum absolute atomic E-state index is 11.9. The number of aromatic nitrogens is 2. The number of hydrogen-bond acceptors (Lipinski definition) is 5. The number of nitrogens with two attached hydrogens (primary N) is 1. The Kier molecular flexibility index (Phi) is 3.38. The number of fused-ring (bicyclic) bond motifs is 2. The van der Waals surface area contributed by atoms with E-state index in [2.05, 4.69) is 4.98 Å². The third-order valence-corrected chi connectivity index (χ3v) is 5.64. The number of pyridine rings is 2. The molecule has 3 aromatic rings. The molecule has 4 nitrogen and oxygen atoms in total. The Morgan fingerprint density at radius 1 is 1.22 bits per heavy atom. The van der Waals surface area contributed by atoms with Gasteiger partial charge in [0, 0.05) is 30.4 Å². The lowest BCUT2D eigenvalue weighted by molar-refractivity contribution is 0.102. The van der Waals surface area contributed by atoms with Crippen molar-refractivity contribution in [2.24, 2.45) is 0 Å². The van der Waals surface area contributed by atoms with Crippen LogP contribution in [-0.4, -0.2) is 15.8 Å². The Bertz CT molecular complexity index is 915. The minimum atomic E-state index is 0.00384. The summed E-state index contributed by atoms with van der Waals surface area (Å²) in [6.07, 6.45) is 7.94. The van der Waals surface area contributed by atoms with E-state index in [0.717, 1.165) is 39.9 Å². The quantitative estimate of drug-likeness (QED) is 0.723. The third-order valence-electron chi connectivity index (χ3n) is 4.44. The van der Waals surface area contributed by atoms with Crippen molar-refractivity contribution in [2.45, 2.75) is 32.6 Å². The fourth-order valence-electron chi connectivity index (χ4n) is 3.41. The maximum atomic E-state index is 11.9. The molecule has 0 fully saturated rings. The van der Waals surface area contributed by atoms with Gasteiger partial charge in [-0.2, -0.15) is 0 Å². The molecule has 0 unspecified atom stereocenters. The molecule has 0 spiro atoms. The number of anilines is 1. The van der Waals surface area contributed by atoms with E-state index in [0.29, 0.717) is 10.6 Å². The van der Waals surface area contributed by atoms with Crippen molar-refractivity contribution < 1.29 is 4.79 Å². The molecule has 1 aliphatic carbocycles. The first kappa shape index (κ1) is 14.3. The standard InChI is InChI=1S/C18H17N3OS/c1-10(22)17-16(19)15-14(11-6-8-20-9-7-11)12-4-2-3-5-13(12)21-18(15)23-17/h6-9H,2-5,19H2,1H3. The summed E-state index contributed by atoms with van der Waals surface area (Å²) in [5.41, 5.74) is 11.6. The molecule has 0 saturated heterocycles. The summed E-state index contributed by atoms with van der Waals surface area (Å²) < 4.78 is 0. The van der Waals surface area contributed by atoms with Crippen LogP contribution < -0.4 is 5.73 Å². The molecule has 5 heteroatoms. The highest BCUT2D eigenvalue weighted by molar-refractivity contribution is 7.21. The normalized spacial score (nSPS) is 14.0. The molecule has 0 saturated carbocycles. The maximum Gasteiger partial charge on any atom is 0.171 e. The predicted molar refractivity (Wildman–Crippen MR) is 93.9 cm³/mol. The number of rotatable bonds is 2. The molecule has 3 heterocycles. The second kappa shape index (κ2) is 5.42. The molecule has 116 valence electrons. The molecule has 0 atom stereocenters. The van der Waals surface area contributed by atoms with Crippen molar-refractivity contribution in [3.63, 3.8) is 0 Å². The van der Waals surface area contributed by atoms with Crippen LogP contribution in [0.25, 0.3) is 21.3 Å². The molecule has 0 amide bonds. The minimum absolute atomic E-state index is 0.00384. The van der Waals surface area contributed by atoms with Crippen LogP contribution in [0, 0.1) is 0 Å². The van der Waals surface area contributed by atoms with Crippen LogP contribution in [0.4, 0.5) is 5.69 Å². The monoisotopic (exact) mass is 323 g/mol. The van der Waals surface area contributed by atoms with Gasteiger partial charge in [0.15, 0.2) is 5.78 Å². The Labute approximate surface area is 138 Å². The summed E-state index contributed by atoms with van der Waals surface area (Å²) in [5, 5.41) is 0.937. The topological polar surface area (TPSA) is 68.9 Å².